The number of hydrogen-bond acceptors (Lipinski definition) is 8. The molecule has 4 atom stereocenters. The van der Waals surface area contributed by atoms with E-state index in [9.17, 15) is 14.0 Å². The lowest BCUT2D eigenvalue weighted by atomic mass is 9.84. The number of imidazole rings is 1. The average Bonchev–Trinajstić information content (AvgIpc) is 3.72. The minimum absolute atomic E-state index is 0.0449. The molecule has 1 unspecified atom stereocenters. The topological polar surface area (TPSA) is 150 Å². The minimum atomic E-state index is -0.803. The summed E-state index contributed by atoms with van der Waals surface area (Å²) in [4.78, 5) is 52.9. The number of piperidine rings is 1. The summed E-state index contributed by atoms with van der Waals surface area (Å²) in [7, 11) is 1.89. The van der Waals surface area contributed by atoms with Crippen LogP contribution in [-0.2, 0) is 23.7 Å². The summed E-state index contributed by atoms with van der Waals surface area (Å²) in [5.74, 6) is -0.440. The van der Waals surface area contributed by atoms with Gasteiger partial charge in [-0.1, -0.05) is 30.3 Å². The molecule has 1 saturated carbocycles. The zero-order valence-corrected chi connectivity index (χ0v) is 37.3. The first-order chi connectivity index (χ1) is 31.4. The van der Waals surface area contributed by atoms with Gasteiger partial charge in [0.1, 0.15) is 17.1 Å². The van der Waals surface area contributed by atoms with Crippen LogP contribution >= 0.6 is 0 Å². The number of aryl methyl sites for hydroxylation is 3. The van der Waals surface area contributed by atoms with Crippen LogP contribution < -0.4 is 11.4 Å². The second kappa shape index (κ2) is 15.5. The molecular weight excluding hydrogens is 826 g/mol. The number of fused-ring (bicyclic) bond motifs is 3. The third-order valence-corrected chi connectivity index (χ3v) is 14.8. The molecule has 1 amide bonds. The van der Waals surface area contributed by atoms with Crippen LogP contribution in [0.3, 0.4) is 0 Å². The second-order valence-electron chi connectivity index (χ2n) is 18.7. The van der Waals surface area contributed by atoms with Crippen LogP contribution in [0.2, 0.25) is 0 Å². The van der Waals surface area contributed by atoms with Gasteiger partial charge in [-0.3, -0.25) is 33.1 Å². The number of hydrogen-bond donors (Lipinski definition) is 1. The highest BCUT2D eigenvalue weighted by Gasteiger charge is 2.59. The molecular formula is C50H52FN9O5. The molecule has 65 heavy (non-hydrogen) atoms. The van der Waals surface area contributed by atoms with Crippen LogP contribution in [-0.4, -0.2) is 82.5 Å². The molecule has 7 aromatic rings. The predicted molar refractivity (Wildman–Crippen MR) is 245 cm³/mol. The molecule has 0 spiro atoms. The number of benzene rings is 3. The Morgan fingerprint density at radius 2 is 1.69 bits per heavy atom. The van der Waals surface area contributed by atoms with Crippen molar-refractivity contribution in [2.24, 2.45) is 23.9 Å². The number of allylic oxidation sites excluding steroid dienone is 1. The minimum Gasteiger partial charge on any atom is -0.381 e. The molecule has 11 rings (SSSR count). The van der Waals surface area contributed by atoms with E-state index in [1.807, 2.05) is 61.5 Å². The van der Waals surface area contributed by atoms with Crippen molar-refractivity contribution >= 4 is 39.1 Å². The van der Waals surface area contributed by atoms with E-state index < -0.39 is 17.3 Å². The van der Waals surface area contributed by atoms with Gasteiger partial charge in [-0.25, -0.2) is 14.0 Å². The highest BCUT2D eigenvalue weighted by atomic mass is 19.1. The Hall–Kier alpha value is -6.61. The highest BCUT2D eigenvalue weighted by molar-refractivity contribution is 6.09. The van der Waals surface area contributed by atoms with E-state index in [0.29, 0.717) is 86.2 Å². The molecule has 15 heteroatoms. The van der Waals surface area contributed by atoms with Gasteiger partial charge in [0.15, 0.2) is 5.82 Å². The van der Waals surface area contributed by atoms with Crippen molar-refractivity contribution < 1.29 is 18.4 Å². The lowest BCUT2D eigenvalue weighted by Crippen LogP contribution is -2.48. The standard InChI is InChI=1S/C50H52FN9O5/c1-28-20-32(21-29(2)44(28)51)22-35-10-14-52-39-11-15-57(31(4)43(39)45(35)59-17-16-58(49(59)63)38-7-9-40-37(24-38)27-53-56(40)5)46(61)42-25-36-23-34(33-12-18-64-19-13-33)6-8-41(36)60(42)50(26-30(50)3)47-54-48(62)65-55-47/h6-9,16-17,20-21,23-25,27,30-31,33,35H,10-15,18-19,22,26H2,1-5H3,(H,54,55,62)/t30-,31-,35?,50-/m0/s1. The third-order valence-electron chi connectivity index (χ3n) is 14.8. The lowest BCUT2D eigenvalue weighted by molar-refractivity contribution is 0.0703. The largest absolute Gasteiger partial charge is 0.438 e. The van der Waals surface area contributed by atoms with Crippen molar-refractivity contribution in [2.45, 2.75) is 83.7 Å². The average molecular weight is 878 g/mol. The van der Waals surface area contributed by atoms with Crippen LogP contribution in [0.25, 0.3) is 33.2 Å². The number of amides is 1. The number of rotatable bonds is 8. The molecule has 14 nitrogen and oxygen atoms in total. The number of halogens is 1. The van der Waals surface area contributed by atoms with Gasteiger partial charge in [0, 0.05) is 91.4 Å². The molecule has 4 aliphatic rings. The number of nitrogens with one attached hydrogen (secondary N) is 1. The van der Waals surface area contributed by atoms with Gasteiger partial charge in [0.25, 0.3) is 5.91 Å². The number of carbonyl (C=O) groups is 1. The van der Waals surface area contributed by atoms with Crippen molar-refractivity contribution in [3.63, 3.8) is 0 Å². The van der Waals surface area contributed by atoms with Crippen LogP contribution in [0.15, 0.2) is 97.9 Å². The number of aliphatic imine (C=N–C) groups is 1. The van der Waals surface area contributed by atoms with E-state index in [-0.39, 0.29) is 29.2 Å². The molecule has 7 heterocycles. The molecule has 3 aliphatic heterocycles. The lowest BCUT2D eigenvalue weighted by Gasteiger charge is -2.38. The first-order valence-corrected chi connectivity index (χ1v) is 22.8. The summed E-state index contributed by atoms with van der Waals surface area (Å²) in [6.45, 7) is 10.1. The number of likely N-dealkylation sites (tertiary alicyclic amines) is 1. The molecule has 334 valence electrons. The predicted octanol–water partition coefficient (Wildman–Crippen LogP) is 7.44. The molecule has 1 N–H and O–H groups in total. The Kier molecular flexibility index (Phi) is 9.83. The third kappa shape index (κ3) is 6.68. The molecule has 0 bridgehead atoms. The van der Waals surface area contributed by atoms with Gasteiger partial charge < -0.3 is 14.2 Å². The molecule has 4 aromatic heterocycles. The first kappa shape index (κ1) is 41.1. The van der Waals surface area contributed by atoms with Gasteiger partial charge in [-0.15, -0.1) is 0 Å². The smallest absolute Gasteiger partial charge is 0.381 e. The van der Waals surface area contributed by atoms with Crippen LogP contribution in [0.5, 0.6) is 0 Å². The van der Waals surface area contributed by atoms with E-state index in [1.54, 1.807) is 40.1 Å². The van der Waals surface area contributed by atoms with Gasteiger partial charge in [-0.2, -0.15) is 5.10 Å². The summed E-state index contributed by atoms with van der Waals surface area (Å²) in [6.07, 6.45) is 9.62. The number of aromatic amines is 1. The van der Waals surface area contributed by atoms with Gasteiger partial charge in [-0.05, 0) is 123 Å². The highest BCUT2D eigenvalue weighted by Crippen LogP contribution is 2.56. The van der Waals surface area contributed by atoms with Gasteiger partial charge >= 0.3 is 11.4 Å². The van der Waals surface area contributed by atoms with Crippen LogP contribution in [0, 0.1) is 31.5 Å². The molecule has 0 radical (unpaired) electrons. The van der Waals surface area contributed by atoms with Crippen LogP contribution in [0.4, 0.5) is 4.39 Å². The maximum atomic E-state index is 15.6. The number of nitrogens with zero attached hydrogens (tertiary/aromatic N) is 8. The zero-order valence-electron chi connectivity index (χ0n) is 37.3. The quantitative estimate of drug-likeness (QED) is 0.167. The van der Waals surface area contributed by atoms with E-state index >= 15 is 4.79 Å². The Morgan fingerprint density at radius 1 is 0.938 bits per heavy atom. The SMILES string of the molecule is Cc1cc(CC2CCN=C3CCN(C(=O)c4cc5cc(C6CCOCC6)ccc5n4[C@@]4(c5noc(=O)[nH]5)C[C@@H]4C)[C@@H](C)C3=C2n2ccn(-c3ccc4c(cnn4C)c3)c2=O)cc(C)c1F. The number of carbonyl (C=O) groups excluding carboxylic acids is 1. The van der Waals surface area contributed by atoms with Crippen molar-refractivity contribution in [1.82, 2.24) is 38.5 Å². The fourth-order valence-electron chi connectivity index (χ4n) is 11.3. The van der Waals surface area contributed by atoms with Crippen molar-refractivity contribution in [3.8, 4) is 5.69 Å². The summed E-state index contributed by atoms with van der Waals surface area (Å²) in [6, 6.07) is 17.6. The number of aromatic nitrogens is 7. The van der Waals surface area contributed by atoms with Gasteiger partial charge in [0.05, 0.1) is 23.4 Å². The van der Waals surface area contributed by atoms with Crippen molar-refractivity contribution in [1.29, 1.82) is 0 Å². The maximum Gasteiger partial charge on any atom is 0.438 e. The summed E-state index contributed by atoms with van der Waals surface area (Å²) >= 11 is 0. The van der Waals surface area contributed by atoms with E-state index in [4.69, 9.17) is 14.3 Å². The molecule has 2 saturated heterocycles. The maximum absolute atomic E-state index is 15.6. The second-order valence-corrected chi connectivity index (χ2v) is 18.7. The zero-order chi connectivity index (χ0) is 44.9. The fourth-order valence-corrected chi connectivity index (χ4v) is 11.3. The molecule has 1 aliphatic carbocycles. The number of H-pyrrole nitrogens is 1. The molecule has 3 aromatic carbocycles. The van der Waals surface area contributed by atoms with Crippen molar-refractivity contribution in [2.75, 3.05) is 26.3 Å². The Labute approximate surface area is 374 Å². The van der Waals surface area contributed by atoms with Crippen LogP contribution in [0.1, 0.15) is 90.4 Å². The molecule has 3 fully saturated rings. The Balaban J connectivity index is 1.06. The normalized spacial score (nSPS) is 22.7. The number of ether oxygens (including phenoxy) is 1. The Morgan fingerprint density at radius 3 is 2.43 bits per heavy atom. The fraction of sp³-hybridized carbons (Fsp3) is 0.400. The monoisotopic (exact) mass is 877 g/mol. The Bertz CT molecular complexity index is 3220. The summed E-state index contributed by atoms with van der Waals surface area (Å²) in [5, 5.41) is 10.5. The first-order valence-electron chi connectivity index (χ1n) is 22.8. The summed E-state index contributed by atoms with van der Waals surface area (Å²) < 4.78 is 33.0. The van der Waals surface area contributed by atoms with Gasteiger partial charge in [0.2, 0.25) is 0 Å². The van der Waals surface area contributed by atoms with Crippen molar-refractivity contribution in [3.05, 3.63) is 139 Å². The van der Waals surface area contributed by atoms with E-state index in [1.165, 1.54) is 5.56 Å². The summed E-state index contributed by atoms with van der Waals surface area (Å²) in [5.41, 5.74) is 7.85. The van der Waals surface area contributed by atoms with E-state index in [2.05, 4.69) is 44.9 Å². The van der Waals surface area contributed by atoms with E-state index in [0.717, 1.165) is 57.2 Å².